The van der Waals surface area contributed by atoms with Crippen LogP contribution in [0.15, 0.2) is 35.5 Å². The largest absolute Gasteiger partial charge is 0.348 e. The fourth-order valence-electron chi connectivity index (χ4n) is 2.93. The lowest BCUT2D eigenvalue weighted by Gasteiger charge is -2.30. The lowest BCUT2D eigenvalue weighted by Crippen LogP contribution is -2.22. The van der Waals surface area contributed by atoms with E-state index in [0.717, 1.165) is 12.8 Å². The van der Waals surface area contributed by atoms with Gasteiger partial charge in [-0.15, -0.1) is 0 Å². The molecule has 2 rings (SSSR count). The van der Waals surface area contributed by atoms with E-state index in [0.29, 0.717) is 6.42 Å². The Labute approximate surface area is 116 Å². The maximum Gasteiger partial charge on any atom is 0.133 e. The van der Waals surface area contributed by atoms with E-state index in [2.05, 4.69) is 43.1 Å². The van der Waals surface area contributed by atoms with Gasteiger partial charge in [0.1, 0.15) is 5.78 Å². The number of ketones is 1. The summed E-state index contributed by atoms with van der Waals surface area (Å²) in [6, 6.07) is 8.44. The number of allylic oxidation sites excluding steroid dienone is 2. The Morgan fingerprint density at radius 1 is 1.21 bits per heavy atom. The van der Waals surface area contributed by atoms with E-state index in [-0.39, 0.29) is 5.78 Å². The highest BCUT2D eigenvalue weighted by atomic mass is 16.1. The maximum atomic E-state index is 11.4. The van der Waals surface area contributed by atoms with Crippen LogP contribution in [0.2, 0.25) is 0 Å². The molecule has 2 heteroatoms. The van der Waals surface area contributed by atoms with E-state index < -0.39 is 0 Å². The molecule has 0 aromatic heterocycles. The van der Waals surface area contributed by atoms with Crippen molar-refractivity contribution in [1.29, 1.82) is 0 Å². The summed E-state index contributed by atoms with van der Waals surface area (Å²) in [5.74, 6) is 0.271. The Bertz CT molecular complexity index is 502. The highest BCUT2D eigenvalue weighted by Gasteiger charge is 2.18. The number of nitrogens with zero attached hydrogens (tertiary/aromatic N) is 1. The van der Waals surface area contributed by atoms with Gasteiger partial charge in [0.15, 0.2) is 0 Å². The van der Waals surface area contributed by atoms with Crippen molar-refractivity contribution in [3.63, 3.8) is 0 Å². The molecule has 1 aromatic rings. The van der Waals surface area contributed by atoms with Gasteiger partial charge in [0.05, 0.1) is 0 Å². The highest BCUT2D eigenvalue weighted by molar-refractivity contribution is 5.78. The van der Waals surface area contributed by atoms with Gasteiger partial charge in [-0.05, 0) is 56.7 Å². The Morgan fingerprint density at radius 2 is 1.89 bits per heavy atom. The first-order valence-electron chi connectivity index (χ1n) is 7.09. The second-order valence-corrected chi connectivity index (χ2v) is 5.48. The Balaban J connectivity index is 2.34. The van der Waals surface area contributed by atoms with Gasteiger partial charge in [0.25, 0.3) is 0 Å². The molecule has 0 heterocycles. The van der Waals surface area contributed by atoms with Crippen LogP contribution in [0.4, 0.5) is 5.69 Å². The summed E-state index contributed by atoms with van der Waals surface area (Å²) in [6.07, 6.45) is 5.23. The van der Waals surface area contributed by atoms with Crippen LogP contribution in [-0.4, -0.2) is 12.8 Å². The minimum absolute atomic E-state index is 0.271. The molecule has 2 nitrogen and oxygen atoms in total. The summed E-state index contributed by atoms with van der Waals surface area (Å²) in [5, 5.41) is 0. The zero-order valence-electron chi connectivity index (χ0n) is 12.2. The number of benzene rings is 1. The molecule has 0 saturated carbocycles. The molecule has 0 saturated heterocycles. The first-order chi connectivity index (χ1) is 9.09. The molecule has 1 aliphatic rings. The van der Waals surface area contributed by atoms with E-state index in [1.54, 1.807) is 6.92 Å². The van der Waals surface area contributed by atoms with Crippen LogP contribution in [0.25, 0.3) is 0 Å². The molecular weight excluding hydrogens is 234 g/mol. The molecule has 0 bridgehead atoms. The average molecular weight is 257 g/mol. The third-order valence-corrected chi connectivity index (χ3v) is 3.89. The van der Waals surface area contributed by atoms with Crippen molar-refractivity contribution in [3.05, 3.63) is 41.1 Å². The number of para-hydroxylation sites is 1. The average Bonchev–Trinajstić information content (AvgIpc) is 2.38. The van der Waals surface area contributed by atoms with Crippen LogP contribution in [0.1, 0.15) is 44.6 Å². The molecule has 102 valence electrons. The first-order valence-corrected chi connectivity index (χ1v) is 7.09. The predicted octanol–water partition coefficient (Wildman–Crippen LogP) is 4.24. The summed E-state index contributed by atoms with van der Waals surface area (Å²) in [4.78, 5) is 13.7. The Kier molecular flexibility index (Phi) is 4.41. The molecular formula is C17H23NO. The minimum Gasteiger partial charge on any atom is -0.348 e. The fraction of sp³-hybridized carbons (Fsp3) is 0.471. The topological polar surface area (TPSA) is 20.3 Å². The van der Waals surface area contributed by atoms with E-state index in [1.165, 1.54) is 35.4 Å². The summed E-state index contributed by atoms with van der Waals surface area (Å²) in [6.45, 7) is 3.83. The van der Waals surface area contributed by atoms with Crippen molar-refractivity contribution >= 4 is 11.5 Å². The zero-order valence-corrected chi connectivity index (χ0v) is 12.2. The Hall–Kier alpha value is -1.57. The van der Waals surface area contributed by atoms with Crippen molar-refractivity contribution < 1.29 is 4.79 Å². The van der Waals surface area contributed by atoms with Crippen LogP contribution >= 0.6 is 0 Å². The molecule has 0 amide bonds. The predicted molar refractivity (Wildman–Crippen MR) is 80.4 cm³/mol. The number of rotatable bonds is 4. The molecule has 0 radical (unpaired) electrons. The van der Waals surface area contributed by atoms with Crippen LogP contribution in [0, 0.1) is 6.92 Å². The van der Waals surface area contributed by atoms with E-state index >= 15 is 0 Å². The lowest BCUT2D eigenvalue weighted by atomic mass is 9.92. The summed E-state index contributed by atoms with van der Waals surface area (Å²) in [7, 11) is 2.13. The normalized spacial score (nSPS) is 15.5. The Morgan fingerprint density at radius 3 is 2.58 bits per heavy atom. The summed E-state index contributed by atoms with van der Waals surface area (Å²) >= 11 is 0. The number of carbonyl (C=O) groups is 1. The number of hydrogen-bond acceptors (Lipinski definition) is 2. The standard InChI is InChI=1S/C17H23NO/c1-13-8-4-6-10-16(13)18(3)17-11-7-5-9-15(17)12-14(2)19/h4,6,8,10H,5,7,9,11-12H2,1-3H3. The van der Waals surface area contributed by atoms with Crippen LogP contribution in [0.3, 0.4) is 0 Å². The molecule has 0 atom stereocenters. The van der Waals surface area contributed by atoms with Crippen molar-refractivity contribution in [3.8, 4) is 0 Å². The third kappa shape index (κ3) is 3.25. The van der Waals surface area contributed by atoms with Gasteiger partial charge in [-0.2, -0.15) is 0 Å². The molecule has 1 aromatic carbocycles. The van der Waals surface area contributed by atoms with Gasteiger partial charge in [-0.3, -0.25) is 4.79 Å². The van der Waals surface area contributed by atoms with Crippen molar-refractivity contribution in [2.75, 3.05) is 11.9 Å². The van der Waals surface area contributed by atoms with Crippen molar-refractivity contribution in [1.82, 2.24) is 0 Å². The zero-order chi connectivity index (χ0) is 13.8. The summed E-state index contributed by atoms with van der Waals surface area (Å²) < 4.78 is 0. The smallest absolute Gasteiger partial charge is 0.133 e. The molecule has 0 spiro atoms. The molecule has 19 heavy (non-hydrogen) atoms. The fourth-order valence-corrected chi connectivity index (χ4v) is 2.93. The first kappa shape index (κ1) is 13.9. The highest BCUT2D eigenvalue weighted by Crippen LogP contribution is 2.32. The molecule has 0 unspecified atom stereocenters. The van der Waals surface area contributed by atoms with Gasteiger partial charge >= 0.3 is 0 Å². The minimum atomic E-state index is 0.271. The van der Waals surface area contributed by atoms with Gasteiger partial charge in [-0.1, -0.05) is 18.2 Å². The number of aryl methyl sites for hydroxylation is 1. The number of Topliss-reactive ketones (excluding diaryl/α,β-unsaturated/α-hetero) is 1. The second kappa shape index (κ2) is 6.05. The monoisotopic (exact) mass is 257 g/mol. The van der Waals surface area contributed by atoms with Crippen LogP contribution in [-0.2, 0) is 4.79 Å². The van der Waals surface area contributed by atoms with Gasteiger partial charge in [0, 0.05) is 24.9 Å². The molecule has 1 aliphatic carbocycles. The molecule has 0 N–H and O–H groups in total. The summed E-state index contributed by atoms with van der Waals surface area (Å²) in [5.41, 5.74) is 5.23. The maximum absolute atomic E-state index is 11.4. The van der Waals surface area contributed by atoms with Gasteiger partial charge in [-0.25, -0.2) is 0 Å². The SMILES string of the molecule is CC(=O)CC1=C(N(C)c2ccccc2C)CCCC1. The quantitative estimate of drug-likeness (QED) is 0.804. The van der Waals surface area contributed by atoms with Gasteiger partial charge in [0.2, 0.25) is 0 Å². The second-order valence-electron chi connectivity index (χ2n) is 5.48. The van der Waals surface area contributed by atoms with Crippen LogP contribution < -0.4 is 4.90 Å². The number of hydrogen-bond donors (Lipinski definition) is 0. The molecule has 0 aliphatic heterocycles. The van der Waals surface area contributed by atoms with E-state index in [9.17, 15) is 4.79 Å². The van der Waals surface area contributed by atoms with Crippen molar-refractivity contribution in [2.45, 2.75) is 46.0 Å². The van der Waals surface area contributed by atoms with Gasteiger partial charge < -0.3 is 4.90 Å². The van der Waals surface area contributed by atoms with E-state index in [4.69, 9.17) is 0 Å². The number of carbonyl (C=O) groups excluding carboxylic acids is 1. The molecule has 0 fully saturated rings. The lowest BCUT2D eigenvalue weighted by molar-refractivity contribution is -0.116. The van der Waals surface area contributed by atoms with Crippen molar-refractivity contribution in [2.24, 2.45) is 0 Å². The van der Waals surface area contributed by atoms with E-state index in [1.807, 2.05) is 0 Å². The number of anilines is 1. The third-order valence-electron chi connectivity index (χ3n) is 3.89. The van der Waals surface area contributed by atoms with Crippen LogP contribution in [0.5, 0.6) is 0 Å².